The topological polar surface area (TPSA) is 147 Å². The monoisotopic (exact) mass is 1980 g/mol. The lowest BCUT2D eigenvalue weighted by molar-refractivity contribution is -0.421. The molecule has 5 aliphatic rings. The summed E-state index contributed by atoms with van der Waals surface area (Å²) in [7, 11) is 0. The van der Waals surface area contributed by atoms with Crippen LogP contribution in [-0.2, 0) is 51.7 Å². The highest BCUT2D eigenvalue weighted by Gasteiger charge is 2.79. The molecule has 5 aliphatic carbocycles. The molecule has 142 heavy (non-hydrogen) atoms. The fraction of sp³-hybridized carbons (Fsp3) is 0.500. The fourth-order valence-corrected chi connectivity index (χ4v) is 21.4. The first-order chi connectivity index (χ1) is 65.3. The first-order valence-electron chi connectivity index (χ1n) is 49.7. The van der Waals surface area contributed by atoms with Crippen molar-refractivity contribution in [3.8, 4) is 0 Å². The molecule has 0 amide bonds. The zero-order valence-electron chi connectivity index (χ0n) is 86.8. The maximum absolute atomic E-state index is 13.6. The highest BCUT2D eigenvalue weighted by atomic mass is 19.4. The second-order valence-electron chi connectivity index (χ2n) is 44.6. The molecule has 5 N–H and O–H groups in total. The van der Waals surface area contributed by atoms with E-state index in [0.717, 1.165) is 173 Å². The maximum atomic E-state index is 13.6. The van der Waals surface area contributed by atoms with E-state index >= 15 is 0 Å². The number of benzene rings is 10. The third kappa shape index (κ3) is 22.4. The highest BCUT2D eigenvalue weighted by molar-refractivity contribution is 5.98. The van der Waals surface area contributed by atoms with Crippen LogP contribution >= 0.6 is 0 Å². The van der Waals surface area contributed by atoms with Crippen molar-refractivity contribution in [3.63, 3.8) is 0 Å². The van der Waals surface area contributed by atoms with Gasteiger partial charge >= 0.3 is 24.7 Å². The van der Waals surface area contributed by atoms with E-state index in [9.17, 15) is 78.2 Å². The number of ether oxygens (including phenoxy) is 5. The number of aliphatic hydroxyl groups is 5. The van der Waals surface area contributed by atoms with E-state index in [1.54, 1.807) is 25.1 Å². The smallest absolute Gasteiger partial charge is 0.387 e. The summed E-state index contributed by atoms with van der Waals surface area (Å²) in [6.07, 6.45) is -5.65. The minimum Gasteiger partial charge on any atom is -0.387 e. The van der Waals surface area contributed by atoms with Crippen LogP contribution in [0.2, 0.25) is 0 Å². The van der Waals surface area contributed by atoms with Gasteiger partial charge < -0.3 is 49.2 Å². The van der Waals surface area contributed by atoms with Crippen LogP contribution < -0.4 is 0 Å². The molecule has 10 aromatic rings. The van der Waals surface area contributed by atoms with Crippen LogP contribution in [0.1, 0.15) is 329 Å². The van der Waals surface area contributed by atoms with Crippen molar-refractivity contribution in [2.24, 2.45) is 0 Å². The number of rotatable bonds is 25. The van der Waals surface area contributed by atoms with Gasteiger partial charge in [-0.1, -0.05) is 271 Å². The zero-order chi connectivity index (χ0) is 106. The average molecular weight is 1980 g/mol. The van der Waals surface area contributed by atoms with Crippen molar-refractivity contribution in [1.29, 1.82) is 0 Å². The summed E-state index contributed by atoms with van der Waals surface area (Å²) in [5.74, 6) is 0. The van der Waals surface area contributed by atoms with Gasteiger partial charge in [-0.3, -0.25) is 0 Å². The van der Waals surface area contributed by atoms with Gasteiger partial charge in [-0.25, -0.2) is 0 Å². The first kappa shape index (κ1) is 113. The van der Waals surface area contributed by atoms with Gasteiger partial charge in [0.15, 0.2) is 11.2 Å². The lowest BCUT2D eigenvalue weighted by Gasteiger charge is -2.48. The van der Waals surface area contributed by atoms with Gasteiger partial charge in [0.1, 0.15) is 16.8 Å². The lowest BCUT2D eigenvalue weighted by Crippen LogP contribution is -2.70. The average Bonchev–Trinajstić information content (AvgIpc) is 1.50. The van der Waals surface area contributed by atoms with Crippen LogP contribution in [0, 0.1) is 0 Å². The lowest BCUT2D eigenvalue weighted by atomic mass is 9.80. The fourth-order valence-electron chi connectivity index (χ4n) is 21.4. The van der Waals surface area contributed by atoms with Crippen LogP contribution in [0.4, 0.5) is 52.7 Å². The Labute approximate surface area is 832 Å². The second kappa shape index (κ2) is 41.0. The molecule has 0 aromatic heterocycles. The van der Waals surface area contributed by atoms with E-state index in [0.29, 0.717) is 63.5 Å². The number of alkyl halides is 12. The Bertz CT molecular complexity index is 6230. The van der Waals surface area contributed by atoms with E-state index in [2.05, 4.69) is 120 Å². The van der Waals surface area contributed by atoms with E-state index in [-0.39, 0.29) is 24.0 Å². The first-order valence-corrected chi connectivity index (χ1v) is 49.7. The number of halogens is 12. The van der Waals surface area contributed by atoms with Crippen LogP contribution in [0.25, 0.3) is 81.7 Å². The Kier molecular flexibility index (Phi) is 32.7. The van der Waals surface area contributed by atoms with Gasteiger partial charge in [-0.2, -0.15) is 52.7 Å². The Morgan fingerprint density at radius 1 is 0.261 bits per heavy atom. The molecule has 0 heterocycles. The van der Waals surface area contributed by atoms with Crippen LogP contribution in [0.15, 0.2) is 215 Å². The van der Waals surface area contributed by atoms with Crippen molar-refractivity contribution in [1.82, 2.24) is 0 Å². The van der Waals surface area contributed by atoms with Crippen molar-refractivity contribution < 1.29 is 102 Å². The molecule has 2 atom stereocenters. The summed E-state index contributed by atoms with van der Waals surface area (Å²) in [5.41, 5.74) is -10.6. The normalized spacial score (nSPS) is 18.3. The van der Waals surface area contributed by atoms with Gasteiger partial charge in [0.25, 0.3) is 5.60 Å². The van der Waals surface area contributed by atoms with Crippen molar-refractivity contribution in [2.75, 3.05) is 0 Å². The number of hydrogen-bond donors (Lipinski definition) is 5. The van der Waals surface area contributed by atoms with Crippen LogP contribution in [0.5, 0.6) is 0 Å². The summed E-state index contributed by atoms with van der Waals surface area (Å²) < 4.78 is 195. The van der Waals surface area contributed by atoms with Crippen molar-refractivity contribution >= 4 is 81.7 Å². The molecular formula is C120H148F12O10. The van der Waals surface area contributed by atoms with E-state index < -0.39 is 97.5 Å². The van der Waals surface area contributed by atoms with Crippen LogP contribution in [0.3, 0.4) is 0 Å². The largest absolute Gasteiger partial charge is 0.429 e. The summed E-state index contributed by atoms with van der Waals surface area (Å²) in [6.45, 7) is 53.8. The molecule has 0 bridgehead atoms. The summed E-state index contributed by atoms with van der Waals surface area (Å²) in [4.78, 5) is 0. The predicted molar refractivity (Wildman–Crippen MR) is 553 cm³/mol. The van der Waals surface area contributed by atoms with Crippen LogP contribution in [-0.4, -0.2) is 106 Å². The molecule has 5 saturated carbocycles. The number of fused-ring (bicyclic) bond motifs is 5. The van der Waals surface area contributed by atoms with Crippen molar-refractivity contribution in [3.05, 3.63) is 271 Å². The molecule has 5 fully saturated rings. The molecule has 0 radical (unpaired) electrons. The molecule has 0 spiro atoms. The third-order valence-corrected chi connectivity index (χ3v) is 31.6. The van der Waals surface area contributed by atoms with E-state index in [4.69, 9.17) is 23.7 Å². The Hall–Kier alpha value is -9.04. The summed E-state index contributed by atoms with van der Waals surface area (Å²) in [6, 6.07) is 60.4. The van der Waals surface area contributed by atoms with E-state index in [1.807, 2.05) is 160 Å². The maximum Gasteiger partial charge on any atom is 0.429 e. The van der Waals surface area contributed by atoms with Crippen molar-refractivity contribution in [2.45, 2.75) is 383 Å². The SMILES string of the molecule is C=C(C)c1c(C2(OC(C)(C)C(C)(O)C(F)(F)F)CCCC2)ccc2ccccc12.C=C(C)c1cc(C2(OC(C)(C)C(C)(O)C(F)(F)F)CCCC2)c2ccccc2c1.C=C(C)c1cc(C2(OC(C)(C)C(O)(C(F)(F)F)C(F)(F)F)CCCC2)cc2ccccc12.C=C(C)c1cc2ccccc2cc1C1(OC(C)(C)C(C)(C)O)CCCC1.C=C(C)c1cccc2cccc(C3(OC(C)(C)C(C)(C)O)CCCC3)c12. The highest BCUT2D eigenvalue weighted by Crippen LogP contribution is 2.60. The summed E-state index contributed by atoms with van der Waals surface area (Å²) >= 11 is 0. The van der Waals surface area contributed by atoms with Gasteiger partial charge in [0, 0.05) is 0 Å². The number of allylic oxidation sites excluding steroid dienone is 5. The minimum atomic E-state index is -5.99. The Morgan fingerprint density at radius 3 is 1.00 bits per heavy atom. The minimum absolute atomic E-state index is 0.232. The van der Waals surface area contributed by atoms with E-state index in [1.165, 1.54) is 71.5 Å². The molecular weight excluding hydrogens is 1830 g/mol. The Morgan fingerprint density at radius 2 is 0.599 bits per heavy atom. The Balaban J connectivity index is 0.000000170. The molecule has 15 rings (SSSR count). The predicted octanol–water partition coefficient (Wildman–Crippen LogP) is 33.2. The standard InChI is InChI=1S/C24H26F6O2.2C24H29F3O2.2C24H32O2/c1-15(2)19-14-17(13-16-9-5-6-10-18(16)19)21(11-7-8-12-21)32-20(3,4)22(31,23(25,26)27)24(28,29)30;1-16(2)20-18-11-7-6-10-17(18)12-13-19(20)23(14-8-9-15-23)29-21(3,4)22(5,28)24(25,26)27;1-16(2)18-14-17-10-6-7-11-19(17)20(15-18)23(12-8-9-13-23)29-21(3,4)22(5,28)24(25,26)27;1-17(2)19-13-9-11-18-12-10-14-20(21(18)19)24(15-7-8-16-24)26-23(5,6)22(3,4)25;1-17(2)20-15-18-11-7-8-12-19(18)16-21(20)24(13-9-10-14-24)26-23(5,6)22(3,4)25/h5-6,9-10,13-14,31H,1,7-8,11-12H2,2-4H3;6-7,10-13,28H,1,8-9,14-15H2,2-5H3;6-7,10-11,14-15,28H,1,8-9,12-13H2,2-5H3;9-14,25H,1,7-8,15-16H2,2-6H3;7-8,11-12,15-16,25H,1,9-10,13-14H2,2-6H3. The molecule has 22 heteroatoms. The van der Waals surface area contributed by atoms with Gasteiger partial charge in [-0.05, 0) is 356 Å². The summed E-state index contributed by atoms with van der Waals surface area (Å²) in [5, 5.41) is 62.8. The molecule has 10 nitrogen and oxygen atoms in total. The molecule has 0 aliphatic heterocycles. The second-order valence-corrected chi connectivity index (χ2v) is 44.6. The molecule has 772 valence electrons. The van der Waals surface area contributed by atoms with Gasteiger partial charge in [0.2, 0.25) is 0 Å². The molecule has 2 unspecified atom stereocenters. The molecule has 10 aromatic carbocycles. The number of hydrogen-bond acceptors (Lipinski definition) is 10. The zero-order valence-corrected chi connectivity index (χ0v) is 86.8. The quantitative estimate of drug-likeness (QED) is 0.0350. The van der Waals surface area contributed by atoms with Gasteiger partial charge in [-0.15, -0.1) is 0 Å². The molecule has 0 saturated heterocycles. The third-order valence-electron chi connectivity index (χ3n) is 31.6. The van der Waals surface area contributed by atoms with Gasteiger partial charge in [0.05, 0.1) is 50.4 Å².